The molecule has 0 aliphatic carbocycles. The van der Waals surface area contributed by atoms with Gasteiger partial charge in [-0.2, -0.15) is 4.98 Å². The first kappa shape index (κ1) is 14.8. The summed E-state index contributed by atoms with van der Waals surface area (Å²) in [7, 11) is 0. The molecule has 2 rings (SSSR count). The lowest BCUT2D eigenvalue weighted by molar-refractivity contribution is 0.0843. The number of β-amino-alcohol motifs (C(OH)–C–C–N with tert-alkyl or cyclic N) is 1. The number of carbonyl (C=O) groups is 1. The summed E-state index contributed by atoms with van der Waals surface area (Å²) in [5, 5.41) is 16.2. The Bertz CT molecular complexity index is 447. The molecule has 2 N–H and O–H groups in total. The average molecular weight is 282 g/mol. The largest absolute Gasteiger partial charge is 0.391 e. The Labute approximate surface area is 118 Å². The minimum Gasteiger partial charge on any atom is -0.391 e. The highest BCUT2D eigenvalue weighted by atomic mass is 16.5. The molecule has 7 nitrogen and oxygen atoms in total. The van der Waals surface area contributed by atoms with Gasteiger partial charge in [0.25, 0.3) is 0 Å². The second-order valence-corrected chi connectivity index (χ2v) is 5.43. The van der Waals surface area contributed by atoms with Gasteiger partial charge < -0.3 is 19.8 Å². The Morgan fingerprint density at radius 2 is 2.40 bits per heavy atom. The number of nitrogens with zero attached hydrogens (tertiary/aromatic N) is 3. The van der Waals surface area contributed by atoms with Crippen LogP contribution in [0.2, 0.25) is 0 Å². The van der Waals surface area contributed by atoms with Crippen LogP contribution in [0.1, 0.15) is 44.3 Å². The number of hydrogen-bond acceptors (Lipinski definition) is 5. The van der Waals surface area contributed by atoms with Crippen molar-refractivity contribution in [3.8, 4) is 0 Å². The maximum Gasteiger partial charge on any atom is 0.317 e. The molecule has 1 unspecified atom stereocenters. The minimum absolute atomic E-state index is 0.146. The molecule has 0 saturated carbocycles. The van der Waals surface area contributed by atoms with E-state index < -0.39 is 6.10 Å². The van der Waals surface area contributed by atoms with E-state index in [9.17, 15) is 9.90 Å². The van der Waals surface area contributed by atoms with Gasteiger partial charge in [0, 0.05) is 32.0 Å². The number of amides is 2. The number of piperidine rings is 1. The Morgan fingerprint density at radius 1 is 1.60 bits per heavy atom. The number of hydrogen-bond donors (Lipinski definition) is 2. The van der Waals surface area contributed by atoms with Crippen LogP contribution in [0, 0.1) is 0 Å². The van der Waals surface area contributed by atoms with Gasteiger partial charge in [0.1, 0.15) is 0 Å². The lowest BCUT2D eigenvalue weighted by Crippen LogP contribution is -2.47. The Kier molecular flexibility index (Phi) is 4.94. The zero-order chi connectivity index (χ0) is 14.5. The van der Waals surface area contributed by atoms with Gasteiger partial charge in [-0.3, -0.25) is 0 Å². The van der Waals surface area contributed by atoms with Crippen LogP contribution in [-0.2, 0) is 6.42 Å². The highest BCUT2D eigenvalue weighted by Gasteiger charge is 2.21. The van der Waals surface area contributed by atoms with Gasteiger partial charge in [0.05, 0.1) is 6.10 Å². The van der Waals surface area contributed by atoms with Crippen molar-refractivity contribution in [2.24, 2.45) is 0 Å². The van der Waals surface area contributed by atoms with E-state index in [1.165, 1.54) is 0 Å². The molecule has 0 aromatic carbocycles. The summed E-state index contributed by atoms with van der Waals surface area (Å²) in [5.41, 5.74) is 0. The van der Waals surface area contributed by atoms with E-state index in [0.29, 0.717) is 37.8 Å². The minimum atomic E-state index is -0.404. The van der Waals surface area contributed by atoms with Crippen LogP contribution in [0.3, 0.4) is 0 Å². The molecule has 0 bridgehead atoms. The normalized spacial score (nSPS) is 19.4. The highest BCUT2D eigenvalue weighted by molar-refractivity contribution is 5.74. The van der Waals surface area contributed by atoms with Crippen molar-refractivity contribution in [2.75, 3.05) is 19.6 Å². The predicted molar refractivity (Wildman–Crippen MR) is 72.3 cm³/mol. The van der Waals surface area contributed by atoms with Crippen LogP contribution in [0.25, 0.3) is 0 Å². The molecule has 7 heteroatoms. The zero-order valence-electron chi connectivity index (χ0n) is 12.0. The van der Waals surface area contributed by atoms with Crippen molar-refractivity contribution in [1.82, 2.24) is 20.4 Å². The van der Waals surface area contributed by atoms with Crippen molar-refractivity contribution in [3.63, 3.8) is 0 Å². The summed E-state index contributed by atoms with van der Waals surface area (Å²) >= 11 is 0. The average Bonchev–Trinajstić information content (AvgIpc) is 2.87. The first-order chi connectivity index (χ1) is 9.56. The number of urea groups is 1. The molecular formula is C13H22N4O3. The van der Waals surface area contributed by atoms with E-state index in [1.807, 2.05) is 13.8 Å². The van der Waals surface area contributed by atoms with E-state index in [4.69, 9.17) is 4.52 Å². The summed E-state index contributed by atoms with van der Waals surface area (Å²) in [4.78, 5) is 17.8. The summed E-state index contributed by atoms with van der Waals surface area (Å²) in [6.45, 7) is 5.55. The quantitative estimate of drug-likeness (QED) is 0.856. The number of carbonyl (C=O) groups excluding carboxylic acids is 1. The van der Waals surface area contributed by atoms with E-state index in [2.05, 4.69) is 15.5 Å². The van der Waals surface area contributed by atoms with Crippen molar-refractivity contribution >= 4 is 6.03 Å². The van der Waals surface area contributed by atoms with Gasteiger partial charge >= 0.3 is 6.03 Å². The smallest absolute Gasteiger partial charge is 0.317 e. The highest BCUT2D eigenvalue weighted by Crippen LogP contribution is 2.10. The van der Waals surface area contributed by atoms with Gasteiger partial charge in [-0.05, 0) is 12.8 Å². The fraction of sp³-hybridized carbons (Fsp3) is 0.769. The summed E-state index contributed by atoms with van der Waals surface area (Å²) in [6, 6.07) is -0.146. The van der Waals surface area contributed by atoms with E-state index in [1.54, 1.807) is 4.90 Å². The molecule has 2 amide bonds. The van der Waals surface area contributed by atoms with E-state index in [0.717, 1.165) is 12.8 Å². The van der Waals surface area contributed by atoms with Gasteiger partial charge in [-0.1, -0.05) is 19.0 Å². The topological polar surface area (TPSA) is 91.5 Å². The molecule has 20 heavy (non-hydrogen) atoms. The Hall–Kier alpha value is -1.63. The zero-order valence-corrected chi connectivity index (χ0v) is 12.0. The lowest BCUT2D eigenvalue weighted by atomic mass is 10.1. The van der Waals surface area contributed by atoms with Gasteiger partial charge in [-0.25, -0.2) is 4.79 Å². The molecule has 1 aliphatic heterocycles. The molecule has 0 radical (unpaired) electrons. The Morgan fingerprint density at radius 3 is 3.05 bits per heavy atom. The molecule has 1 aromatic rings. The van der Waals surface area contributed by atoms with Crippen LogP contribution in [0.15, 0.2) is 4.52 Å². The predicted octanol–water partition coefficient (Wildman–Crippen LogP) is 0.902. The van der Waals surface area contributed by atoms with Crippen LogP contribution >= 0.6 is 0 Å². The summed E-state index contributed by atoms with van der Waals surface area (Å²) in [6.07, 6.45) is 1.72. The van der Waals surface area contributed by atoms with Crippen LogP contribution in [-0.4, -0.2) is 51.9 Å². The van der Waals surface area contributed by atoms with Crippen molar-refractivity contribution in [3.05, 3.63) is 11.7 Å². The van der Waals surface area contributed by atoms with E-state index in [-0.39, 0.29) is 11.9 Å². The molecule has 1 aliphatic rings. The van der Waals surface area contributed by atoms with Crippen LogP contribution in [0.5, 0.6) is 0 Å². The van der Waals surface area contributed by atoms with Crippen LogP contribution < -0.4 is 5.32 Å². The molecular weight excluding hydrogens is 260 g/mol. The van der Waals surface area contributed by atoms with E-state index >= 15 is 0 Å². The molecule has 2 heterocycles. The number of aliphatic hydroxyl groups excluding tert-OH is 1. The molecule has 112 valence electrons. The number of aromatic nitrogens is 2. The Balaban J connectivity index is 1.73. The second kappa shape index (κ2) is 6.69. The van der Waals surface area contributed by atoms with Crippen LogP contribution in [0.4, 0.5) is 4.79 Å². The maximum absolute atomic E-state index is 11.9. The number of aliphatic hydroxyl groups is 1. The molecule has 1 saturated heterocycles. The number of nitrogens with one attached hydrogen (secondary N) is 1. The molecule has 1 atom stereocenters. The lowest BCUT2D eigenvalue weighted by Gasteiger charge is -2.30. The third-order valence-corrected chi connectivity index (χ3v) is 3.30. The first-order valence-electron chi connectivity index (χ1n) is 7.09. The number of likely N-dealkylation sites (tertiary alicyclic amines) is 1. The monoisotopic (exact) mass is 282 g/mol. The fourth-order valence-corrected chi connectivity index (χ4v) is 2.13. The second-order valence-electron chi connectivity index (χ2n) is 5.43. The molecule has 0 spiro atoms. The maximum atomic E-state index is 11.9. The SMILES string of the molecule is CC(C)c1noc(CCNC(=O)N2CCCC(O)C2)n1. The van der Waals surface area contributed by atoms with Gasteiger partial charge in [0.2, 0.25) is 5.89 Å². The van der Waals surface area contributed by atoms with Gasteiger partial charge in [-0.15, -0.1) is 0 Å². The van der Waals surface area contributed by atoms with Gasteiger partial charge in [0.15, 0.2) is 5.82 Å². The molecule has 1 aromatic heterocycles. The third kappa shape index (κ3) is 3.93. The number of rotatable bonds is 4. The fourth-order valence-electron chi connectivity index (χ4n) is 2.13. The summed E-state index contributed by atoms with van der Waals surface area (Å²) < 4.78 is 5.10. The van der Waals surface area contributed by atoms with Crippen molar-refractivity contribution < 1.29 is 14.4 Å². The summed E-state index contributed by atoms with van der Waals surface area (Å²) in [5.74, 6) is 1.45. The standard InChI is InChI=1S/C13H22N4O3/c1-9(2)12-15-11(20-16-12)5-6-14-13(19)17-7-3-4-10(18)8-17/h9-10,18H,3-8H2,1-2H3,(H,14,19). The first-order valence-corrected chi connectivity index (χ1v) is 7.09. The van der Waals surface area contributed by atoms with Crippen molar-refractivity contribution in [1.29, 1.82) is 0 Å². The van der Waals surface area contributed by atoms with Crippen molar-refractivity contribution in [2.45, 2.75) is 45.1 Å². The molecule has 1 fully saturated rings. The third-order valence-electron chi connectivity index (χ3n) is 3.30.